The number of hydrogen-bond donors (Lipinski definition) is 3. The van der Waals surface area contributed by atoms with Crippen LogP contribution in [-0.2, 0) is 4.79 Å². The van der Waals surface area contributed by atoms with E-state index < -0.39 is 0 Å². The van der Waals surface area contributed by atoms with Crippen LogP contribution in [0.1, 0.15) is 71.1 Å². The van der Waals surface area contributed by atoms with Crippen molar-refractivity contribution in [3.63, 3.8) is 0 Å². The minimum atomic E-state index is -0.187. The molecule has 0 heterocycles. The maximum Gasteiger partial charge on any atom is 0.281 e. The minimum absolute atomic E-state index is 0.0554. The van der Waals surface area contributed by atoms with Gasteiger partial charge in [0.05, 0.1) is 13.2 Å². The Bertz CT molecular complexity index is 342. The van der Waals surface area contributed by atoms with Gasteiger partial charge in [-0.2, -0.15) is 0 Å². The Morgan fingerprint density at radius 3 is 1.71 bits per heavy atom. The summed E-state index contributed by atoms with van der Waals surface area (Å²) in [7, 11) is 0. The second-order valence-corrected chi connectivity index (χ2v) is 7.66. The SMILES string of the molecule is CC(C(=O)N(C1CCCCC1)C1CCCCC1)[NH+](CCO)CCO. The van der Waals surface area contributed by atoms with Gasteiger partial charge in [-0.15, -0.1) is 0 Å². The van der Waals surface area contributed by atoms with Crippen LogP contribution in [0.5, 0.6) is 0 Å². The van der Waals surface area contributed by atoms with Crippen molar-refractivity contribution in [2.45, 2.75) is 89.3 Å². The van der Waals surface area contributed by atoms with Crippen molar-refractivity contribution in [3.8, 4) is 0 Å². The highest BCUT2D eigenvalue weighted by molar-refractivity contribution is 5.80. The number of hydrogen-bond acceptors (Lipinski definition) is 3. The maximum atomic E-state index is 13.4. The largest absolute Gasteiger partial charge is 0.391 e. The first kappa shape index (κ1) is 19.7. The van der Waals surface area contributed by atoms with Gasteiger partial charge in [-0.05, 0) is 32.6 Å². The predicted molar refractivity (Wildman–Crippen MR) is 94.9 cm³/mol. The lowest BCUT2D eigenvalue weighted by Gasteiger charge is -2.43. The third-order valence-corrected chi connectivity index (χ3v) is 6.04. The molecule has 0 saturated heterocycles. The zero-order valence-electron chi connectivity index (χ0n) is 15.4. The van der Waals surface area contributed by atoms with Crippen LogP contribution >= 0.6 is 0 Å². The summed E-state index contributed by atoms with van der Waals surface area (Å²) in [6, 6.07) is 0.621. The van der Waals surface area contributed by atoms with Crippen LogP contribution in [0, 0.1) is 0 Å². The quantitative estimate of drug-likeness (QED) is 0.610. The topological polar surface area (TPSA) is 65.2 Å². The molecule has 1 amide bonds. The van der Waals surface area contributed by atoms with Gasteiger partial charge in [-0.3, -0.25) is 4.79 Å². The van der Waals surface area contributed by atoms with Crippen LogP contribution < -0.4 is 4.90 Å². The molecule has 0 spiro atoms. The molecule has 1 unspecified atom stereocenters. The molecule has 2 saturated carbocycles. The average molecular weight is 342 g/mol. The molecule has 5 nitrogen and oxygen atoms in total. The first-order valence-electron chi connectivity index (χ1n) is 10.1. The minimum Gasteiger partial charge on any atom is -0.391 e. The number of nitrogens with zero attached hydrogens (tertiary/aromatic N) is 1. The molecule has 2 aliphatic carbocycles. The van der Waals surface area contributed by atoms with E-state index in [0.29, 0.717) is 25.2 Å². The van der Waals surface area contributed by atoms with E-state index in [4.69, 9.17) is 0 Å². The number of quaternary nitrogens is 1. The number of carbonyl (C=O) groups is 1. The number of carbonyl (C=O) groups excluding carboxylic acids is 1. The summed E-state index contributed by atoms with van der Waals surface area (Å²) >= 11 is 0. The summed E-state index contributed by atoms with van der Waals surface area (Å²) in [6.45, 7) is 3.13. The van der Waals surface area contributed by atoms with E-state index in [0.717, 1.165) is 30.6 Å². The van der Waals surface area contributed by atoms with E-state index in [-0.39, 0.29) is 25.2 Å². The molecular formula is C19H37N2O3+. The van der Waals surface area contributed by atoms with Crippen molar-refractivity contribution in [2.75, 3.05) is 26.3 Å². The highest BCUT2D eigenvalue weighted by atomic mass is 16.3. The molecule has 2 fully saturated rings. The van der Waals surface area contributed by atoms with Crippen molar-refractivity contribution in [1.29, 1.82) is 0 Å². The van der Waals surface area contributed by atoms with Crippen LogP contribution in [0.4, 0.5) is 0 Å². The fourth-order valence-electron chi connectivity index (χ4n) is 4.62. The van der Waals surface area contributed by atoms with E-state index in [2.05, 4.69) is 4.90 Å². The third-order valence-electron chi connectivity index (χ3n) is 6.04. The van der Waals surface area contributed by atoms with E-state index in [1.54, 1.807) is 0 Å². The van der Waals surface area contributed by atoms with Crippen LogP contribution in [0.2, 0.25) is 0 Å². The molecule has 0 aromatic rings. The Morgan fingerprint density at radius 1 is 0.917 bits per heavy atom. The highest BCUT2D eigenvalue weighted by Gasteiger charge is 2.37. The monoisotopic (exact) mass is 341 g/mol. The standard InChI is InChI=1S/C19H36N2O3/c1-16(20(12-14-22)13-15-23)19(24)21(17-8-4-2-5-9-17)18-10-6-3-7-11-18/h16-18,22-23H,2-15H2,1H3/p+1. The van der Waals surface area contributed by atoms with E-state index in [1.165, 1.54) is 38.5 Å². The lowest BCUT2D eigenvalue weighted by Crippen LogP contribution is -3.17. The number of nitrogens with one attached hydrogen (secondary N) is 1. The zero-order chi connectivity index (χ0) is 17.4. The van der Waals surface area contributed by atoms with Crippen LogP contribution in [0.15, 0.2) is 0 Å². The Balaban J connectivity index is 2.12. The van der Waals surface area contributed by atoms with Gasteiger partial charge < -0.3 is 20.0 Å². The van der Waals surface area contributed by atoms with Crippen molar-refractivity contribution in [2.24, 2.45) is 0 Å². The van der Waals surface area contributed by atoms with Gasteiger partial charge in [0.2, 0.25) is 0 Å². The van der Waals surface area contributed by atoms with Crippen LogP contribution in [0.3, 0.4) is 0 Å². The first-order valence-corrected chi connectivity index (χ1v) is 10.1. The van der Waals surface area contributed by atoms with E-state index in [1.807, 2.05) is 6.92 Å². The van der Waals surface area contributed by atoms with Gasteiger partial charge in [0.15, 0.2) is 6.04 Å². The number of rotatable bonds is 8. The van der Waals surface area contributed by atoms with Gasteiger partial charge in [0.1, 0.15) is 13.1 Å². The molecule has 3 N–H and O–H groups in total. The molecule has 2 rings (SSSR count). The van der Waals surface area contributed by atoms with Crippen molar-refractivity contribution in [1.82, 2.24) is 4.90 Å². The van der Waals surface area contributed by atoms with Gasteiger partial charge in [0, 0.05) is 12.1 Å². The second kappa shape index (κ2) is 10.4. The summed E-state index contributed by atoms with van der Waals surface area (Å²) in [4.78, 5) is 16.6. The maximum absolute atomic E-state index is 13.4. The van der Waals surface area contributed by atoms with Crippen molar-refractivity contribution >= 4 is 5.91 Å². The molecule has 0 bridgehead atoms. The smallest absolute Gasteiger partial charge is 0.281 e. The van der Waals surface area contributed by atoms with Gasteiger partial charge >= 0.3 is 0 Å². The fourth-order valence-corrected chi connectivity index (χ4v) is 4.62. The highest BCUT2D eigenvalue weighted by Crippen LogP contribution is 2.30. The predicted octanol–water partition coefficient (Wildman–Crippen LogP) is 0.738. The molecule has 1 atom stereocenters. The van der Waals surface area contributed by atoms with E-state index >= 15 is 0 Å². The van der Waals surface area contributed by atoms with Gasteiger partial charge in [0.25, 0.3) is 5.91 Å². The van der Waals surface area contributed by atoms with Crippen molar-refractivity contribution in [3.05, 3.63) is 0 Å². The lowest BCUT2D eigenvalue weighted by atomic mass is 9.88. The van der Waals surface area contributed by atoms with E-state index in [9.17, 15) is 15.0 Å². The average Bonchev–Trinajstić information content (AvgIpc) is 2.63. The Kier molecular flexibility index (Phi) is 8.50. The first-order chi connectivity index (χ1) is 11.7. The number of amides is 1. The summed E-state index contributed by atoms with van der Waals surface area (Å²) in [5.41, 5.74) is 0. The molecule has 2 aliphatic rings. The lowest BCUT2D eigenvalue weighted by molar-refractivity contribution is -0.915. The zero-order valence-corrected chi connectivity index (χ0v) is 15.4. The molecule has 0 aromatic carbocycles. The summed E-state index contributed by atoms with van der Waals surface area (Å²) in [5, 5.41) is 18.6. The number of aliphatic hydroxyl groups is 2. The fraction of sp³-hybridized carbons (Fsp3) is 0.947. The Hall–Kier alpha value is -0.650. The number of aliphatic hydroxyl groups excluding tert-OH is 2. The van der Waals surface area contributed by atoms with Gasteiger partial charge in [-0.1, -0.05) is 38.5 Å². The molecule has 0 radical (unpaired) electrons. The molecule has 24 heavy (non-hydrogen) atoms. The Labute approximate surface area is 147 Å². The molecule has 0 aromatic heterocycles. The van der Waals surface area contributed by atoms with Gasteiger partial charge in [-0.25, -0.2) is 0 Å². The van der Waals surface area contributed by atoms with Crippen LogP contribution in [-0.4, -0.2) is 65.4 Å². The molecular weight excluding hydrogens is 304 g/mol. The normalized spacial score (nSPS) is 21.8. The summed E-state index contributed by atoms with van der Waals surface area (Å²) < 4.78 is 0. The molecule has 5 heteroatoms. The summed E-state index contributed by atoms with van der Waals surface area (Å²) in [5.74, 6) is 0.241. The third kappa shape index (κ3) is 5.17. The molecule has 140 valence electrons. The van der Waals surface area contributed by atoms with Crippen molar-refractivity contribution < 1.29 is 19.9 Å². The van der Waals surface area contributed by atoms with Crippen LogP contribution in [0.25, 0.3) is 0 Å². The second-order valence-electron chi connectivity index (χ2n) is 7.66. The molecule has 0 aliphatic heterocycles. The summed E-state index contributed by atoms with van der Waals surface area (Å²) in [6.07, 6.45) is 12.1. The Morgan fingerprint density at radius 2 is 1.33 bits per heavy atom.